The van der Waals surface area contributed by atoms with Crippen molar-refractivity contribution >= 4 is 5.90 Å². The highest BCUT2D eigenvalue weighted by molar-refractivity contribution is 6.02. The first kappa shape index (κ1) is 15.6. The molecule has 0 saturated carbocycles. The number of hydrogen-bond donors (Lipinski definition) is 0. The first-order valence-electron chi connectivity index (χ1n) is 7.26. The average Bonchev–Trinajstić information content (AvgIpc) is 2.87. The summed E-state index contributed by atoms with van der Waals surface area (Å²) in [6, 6.07) is 12.9. The van der Waals surface area contributed by atoms with E-state index in [9.17, 15) is 13.2 Å². The molecule has 0 bridgehead atoms. The van der Waals surface area contributed by atoms with Crippen molar-refractivity contribution in [3.63, 3.8) is 0 Å². The van der Waals surface area contributed by atoms with Crippen LogP contribution in [0.25, 0.3) is 11.1 Å². The fourth-order valence-electron chi connectivity index (χ4n) is 2.49. The van der Waals surface area contributed by atoms with Gasteiger partial charge in [0.05, 0.1) is 11.1 Å². The number of ether oxygens (including phenoxy) is 1. The van der Waals surface area contributed by atoms with Gasteiger partial charge < -0.3 is 4.74 Å². The molecule has 2 nitrogen and oxygen atoms in total. The van der Waals surface area contributed by atoms with Crippen molar-refractivity contribution in [2.75, 3.05) is 6.61 Å². The number of alkyl halides is 3. The lowest BCUT2D eigenvalue weighted by Crippen LogP contribution is -2.17. The summed E-state index contributed by atoms with van der Waals surface area (Å²) in [6.07, 6.45) is -4.40. The van der Waals surface area contributed by atoms with Crippen molar-refractivity contribution in [2.24, 2.45) is 4.99 Å². The summed E-state index contributed by atoms with van der Waals surface area (Å²) in [6.45, 7) is 4.12. The molecule has 2 aromatic rings. The maximum atomic E-state index is 13.1. The second-order valence-corrected chi connectivity index (χ2v) is 6.14. The molecule has 0 atom stereocenters. The van der Waals surface area contributed by atoms with Crippen LogP contribution in [0.15, 0.2) is 53.5 Å². The Morgan fingerprint density at radius 3 is 2.26 bits per heavy atom. The summed E-state index contributed by atoms with van der Waals surface area (Å²) in [7, 11) is 0. The van der Waals surface area contributed by atoms with Gasteiger partial charge in [0.25, 0.3) is 0 Å². The van der Waals surface area contributed by atoms with Crippen molar-refractivity contribution in [1.82, 2.24) is 0 Å². The fraction of sp³-hybridized carbons (Fsp3) is 0.278. The van der Waals surface area contributed by atoms with Crippen LogP contribution < -0.4 is 0 Å². The first-order valence-corrected chi connectivity index (χ1v) is 7.26. The third-order valence-electron chi connectivity index (χ3n) is 3.63. The molecule has 0 radical (unpaired) electrons. The molecule has 0 N–H and O–H groups in total. The van der Waals surface area contributed by atoms with Crippen LogP contribution in [0.3, 0.4) is 0 Å². The normalized spacial score (nSPS) is 16.8. The Labute approximate surface area is 132 Å². The van der Waals surface area contributed by atoms with E-state index in [0.717, 1.165) is 17.7 Å². The molecule has 2 aromatic carbocycles. The molecule has 1 aliphatic rings. The quantitative estimate of drug-likeness (QED) is 0.769. The van der Waals surface area contributed by atoms with Gasteiger partial charge in [-0.05, 0) is 37.1 Å². The van der Waals surface area contributed by atoms with Crippen LogP contribution >= 0.6 is 0 Å². The smallest absolute Gasteiger partial charge is 0.416 e. The summed E-state index contributed by atoms with van der Waals surface area (Å²) < 4.78 is 44.7. The van der Waals surface area contributed by atoms with Crippen molar-refractivity contribution in [3.05, 3.63) is 59.7 Å². The summed E-state index contributed by atoms with van der Waals surface area (Å²) in [5.41, 5.74) is 0.736. The van der Waals surface area contributed by atoms with Crippen molar-refractivity contribution in [3.8, 4) is 11.1 Å². The van der Waals surface area contributed by atoms with Gasteiger partial charge in [-0.2, -0.15) is 13.2 Å². The molecule has 5 heteroatoms. The summed E-state index contributed by atoms with van der Waals surface area (Å²) in [5, 5.41) is 0. The van der Waals surface area contributed by atoms with Gasteiger partial charge in [-0.3, -0.25) is 0 Å². The van der Waals surface area contributed by atoms with E-state index < -0.39 is 17.3 Å². The lowest BCUT2D eigenvalue weighted by Gasteiger charge is -2.13. The number of nitrogens with zero attached hydrogens (tertiary/aromatic N) is 1. The van der Waals surface area contributed by atoms with Crippen LogP contribution in [0.2, 0.25) is 0 Å². The fourth-order valence-corrected chi connectivity index (χ4v) is 2.49. The molecule has 0 spiro atoms. The van der Waals surface area contributed by atoms with Crippen LogP contribution in [-0.2, 0) is 10.9 Å². The lowest BCUT2D eigenvalue weighted by atomic mass is 9.97. The van der Waals surface area contributed by atoms with E-state index in [-0.39, 0.29) is 5.90 Å². The minimum Gasteiger partial charge on any atom is -0.475 e. The van der Waals surface area contributed by atoms with Gasteiger partial charge in [0, 0.05) is 5.56 Å². The number of hydrogen-bond acceptors (Lipinski definition) is 2. The Balaban J connectivity index is 2.17. The third-order valence-corrected chi connectivity index (χ3v) is 3.63. The highest BCUT2D eigenvalue weighted by atomic mass is 19.4. The molecule has 0 amide bonds. The molecule has 0 aliphatic carbocycles. The van der Waals surface area contributed by atoms with E-state index in [1.807, 2.05) is 44.2 Å². The second kappa shape index (κ2) is 5.41. The minimum absolute atomic E-state index is 0.264. The van der Waals surface area contributed by atoms with E-state index in [1.165, 1.54) is 6.07 Å². The van der Waals surface area contributed by atoms with Crippen LogP contribution in [0.5, 0.6) is 0 Å². The highest BCUT2D eigenvalue weighted by Crippen LogP contribution is 2.35. The zero-order chi connectivity index (χ0) is 16.7. The molecule has 0 unspecified atom stereocenters. The number of benzene rings is 2. The maximum Gasteiger partial charge on any atom is 0.416 e. The van der Waals surface area contributed by atoms with Crippen molar-refractivity contribution < 1.29 is 17.9 Å². The maximum absolute atomic E-state index is 13.1. The van der Waals surface area contributed by atoms with E-state index >= 15 is 0 Å². The van der Waals surface area contributed by atoms with Gasteiger partial charge in [0.1, 0.15) is 6.61 Å². The Kier molecular flexibility index (Phi) is 3.66. The average molecular weight is 319 g/mol. The number of rotatable bonds is 2. The van der Waals surface area contributed by atoms with Gasteiger partial charge in [-0.1, -0.05) is 36.4 Å². The predicted octanol–water partition coefficient (Wildman–Crippen LogP) is 4.93. The van der Waals surface area contributed by atoms with Gasteiger partial charge in [-0.15, -0.1) is 0 Å². The second-order valence-electron chi connectivity index (χ2n) is 6.14. The summed E-state index contributed by atoms with van der Waals surface area (Å²) in [5.74, 6) is 0.264. The molecule has 1 aliphatic heterocycles. The summed E-state index contributed by atoms with van der Waals surface area (Å²) in [4.78, 5) is 4.43. The SMILES string of the molecule is CC1(C)COC(c2cc(C(F)(F)F)ccc2-c2ccccc2)=N1. The van der Waals surface area contributed by atoms with Gasteiger partial charge in [0.2, 0.25) is 5.90 Å². The molecule has 0 aromatic heterocycles. The van der Waals surface area contributed by atoms with Gasteiger partial charge >= 0.3 is 6.18 Å². The van der Waals surface area contributed by atoms with Crippen molar-refractivity contribution in [2.45, 2.75) is 25.6 Å². The molecular formula is C18H16F3NO. The van der Waals surface area contributed by atoms with E-state index in [1.54, 1.807) is 0 Å². The molecule has 0 fully saturated rings. The molecule has 1 heterocycles. The van der Waals surface area contributed by atoms with Crippen LogP contribution in [0, 0.1) is 0 Å². The van der Waals surface area contributed by atoms with Crippen molar-refractivity contribution in [1.29, 1.82) is 0 Å². The highest BCUT2D eigenvalue weighted by Gasteiger charge is 2.34. The topological polar surface area (TPSA) is 21.6 Å². The van der Waals surface area contributed by atoms with E-state index in [0.29, 0.717) is 17.7 Å². The molecule has 3 rings (SSSR count). The standard InChI is InChI=1S/C18H16F3NO/c1-17(2)11-23-16(22-17)15-10-13(18(19,20)21)8-9-14(15)12-6-4-3-5-7-12/h3-10H,11H2,1-2H3. The Hall–Kier alpha value is -2.30. The number of aliphatic imine (C=N–C) groups is 1. The predicted molar refractivity (Wildman–Crippen MR) is 83.4 cm³/mol. The van der Waals surface area contributed by atoms with Crippen LogP contribution in [0.4, 0.5) is 13.2 Å². The Morgan fingerprint density at radius 1 is 1.00 bits per heavy atom. The molecular weight excluding hydrogens is 303 g/mol. The first-order chi connectivity index (χ1) is 10.8. The monoisotopic (exact) mass is 319 g/mol. The Morgan fingerprint density at radius 2 is 1.70 bits per heavy atom. The molecule has 23 heavy (non-hydrogen) atoms. The van der Waals surface area contributed by atoms with Crippen LogP contribution in [-0.4, -0.2) is 18.0 Å². The molecule has 0 saturated heterocycles. The van der Waals surface area contributed by atoms with Crippen LogP contribution in [0.1, 0.15) is 25.0 Å². The van der Waals surface area contributed by atoms with Gasteiger partial charge in [0.15, 0.2) is 0 Å². The zero-order valence-corrected chi connectivity index (χ0v) is 12.8. The Bertz CT molecular complexity index is 749. The van der Waals surface area contributed by atoms with E-state index in [4.69, 9.17) is 4.74 Å². The third kappa shape index (κ3) is 3.23. The largest absolute Gasteiger partial charge is 0.475 e. The number of halogens is 3. The van der Waals surface area contributed by atoms with Gasteiger partial charge in [-0.25, -0.2) is 4.99 Å². The lowest BCUT2D eigenvalue weighted by molar-refractivity contribution is -0.137. The van der Waals surface area contributed by atoms with E-state index in [2.05, 4.69) is 4.99 Å². The zero-order valence-electron chi connectivity index (χ0n) is 12.8. The molecule has 120 valence electrons. The minimum atomic E-state index is -4.40. The summed E-state index contributed by atoms with van der Waals surface area (Å²) >= 11 is 0.